The van der Waals surface area contributed by atoms with Crippen LogP contribution >= 0.6 is 11.3 Å². The zero-order valence-corrected chi connectivity index (χ0v) is 13.3. The minimum atomic E-state index is -0.343. The number of fused-ring (bicyclic) bond motifs is 1. The zero-order valence-electron chi connectivity index (χ0n) is 12.5. The second-order valence-electron chi connectivity index (χ2n) is 5.21. The van der Waals surface area contributed by atoms with E-state index in [-0.39, 0.29) is 31.2 Å². The lowest BCUT2D eigenvalue weighted by Gasteiger charge is -2.04. The second-order valence-corrected chi connectivity index (χ2v) is 6.12. The highest BCUT2D eigenvalue weighted by Gasteiger charge is 2.11. The van der Waals surface area contributed by atoms with Gasteiger partial charge in [0.25, 0.3) is 0 Å². The maximum Gasteiger partial charge on any atom is 0.306 e. The fraction of sp³-hybridized carbons (Fsp3) is 0.158. The van der Waals surface area contributed by atoms with Crippen molar-refractivity contribution >= 4 is 33.2 Å². The van der Waals surface area contributed by atoms with E-state index in [1.165, 1.54) is 4.70 Å². The zero-order chi connectivity index (χ0) is 16.1. The van der Waals surface area contributed by atoms with E-state index >= 15 is 0 Å². The van der Waals surface area contributed by atoms with Gasteiger partial charge in [0.05, 0.1) is 6.42 Å². The monoisotopic (exact) mass is 324 g/mol. The first-order chi connectivity index (χ1) is 11.2. The molecule has 23 heavy (non-hydrogen) atoms. The van der Waals surface area contributed by atoms with Crippen LogP contribution in [0.2, 0.25) is 0 Å². The first kappa shape index (κ1) is 15.4. The van der Waals surface area contributed by atoms with Crippen molar-refractivity contribution in [3.63, 3.8) is 0 Å². The van der Waals surface area contributed by atoms with Crippen LogP contribution in [0.15, 0.2) is 60.0 Å². The predicted octanol–water partition coefficient (Wildman–Crippen LogP) is 4.61. The summed E-state index contributed by atoms with van der Waals surface area (Å²) < 4.78 is 6.47. The number of carbonyl (C=O) groups is 2. The molecule has 0 amide bonds. The van der Waals surface area contributed by atoms with Crippen molar-refractivity contribution in [2.75, 3.05) is 0 Å². The molecule has 116 valence electrons. The molecule has 3 rings (SSSR count). The third-order valence-electron chi connectivity index (χ3n) is 3.60. The van der Waals surface area contributed by atoms with Crippen LogP contribution in [0, 0.1) is 0 Å². The van der Waals surface area contributed by atoms with Gasteiger partial charge in [-0.3, -0.25) is 9.59 Å². The fourth-order valence-electron chi connectivity index (χ4n) is 2.36. The lowest BCUT2D eigenvalue weighted by molar-refractivity contribution is -0.144. The Morgan fingerprint density at radius 1 is 0.913 bits per heavy atom. The standard InChI is InChI=1S/C19H16O3S/c20-17(14-6-2-1-3-7-14)10-11-19(21)22-12-15-13-23-18-9-5-4-8-16(15)18/h1-9,13H,10-12H2. The van der Waals surface area contributed by atoms with Crippen molar-refractivity contribution in [1.82, 2.24) is 0 Å². The molecule has 4 heteroatoms. The van der Waals surface area contributed by atoms with Gasteiger partial charge in [-0.15, -0.1) is 11.3 Å². The molecule has 0 aliphatic carbocycles. The molecular weight excluding hydrogens is 308 g/mol. The smallest absolute Gasteiger partial charge is 0.306 e. The van der Waals surface area contributed by atoms with Crippen molar-refractivity contribution in [2.24, 2.45) is 0 Å². The molecule has 1 heterocycles. The Bertz CT molecular complexity index is 821. The van der Waals surface area contributed by atoms with Crippen molar-refractivity contribution in [3.8, 4) is 0 Å². The average Bonchev–Trinajstić information content (AvgIpc) is 3.02. The Balaban J connectivity index is 1.51. The first-order valence-corrected chi connectivity index (χ1v) is 8.31. The Labute approximate surface area is 138 Å². The van der Waals surface area contributed by atoms with Gasteiger partial charge in [-0.05, 0) is 16.8 Å². The van der Waals surface area contributed by atoms with Crippen LogP contribution in [0.5, 0.6) is 0 Å². The molecule has 0 aliphatic rings. The third kappa shape index (κ3) is 3.85. The molecule has 0 saturated heterocycles. The number of esters is 1. The van der Waals surface area contributed by atoms with Gasteiger partial charge in [0.2, 0.25) is 0 Å². The van der Waals surface area contributed by atoms with Crippen LogP contribution in [0.4, 0.5) is 0 Å². The molecule has 0 unspecified atom stereocenters. The van der Waals surface area contributed by atoms with E-state index in [0.717, 1.165) is 10.9 Å². The number of hydrogen-bond acceptors (Lipinski definition) is 4. The summed E-state index contributed by atoms with van der Waals surface area (Å²) in [6, 6.07) is 17.0. The quantitative estimate of drug-likeness (QED) is 0.491. The number of rotatable bonds is 6. The maximum atomic E-state index is 12.0. The summed E-state index contributed by atoms with van der Waals surface area (Å²) in [5.74, 6) is -0.381. The van der Waals surface area contributed by atoms with E-state index in [9.17, 15) is 9.59 Å². The van der Waals surface area contributed by atoms with Gasteiger partial charge in [-0.1, -0.05) is 48.5 Å². The van der Waals surface area contributed by atoms with Crippen LogP contribution in [0.25, 0.3) is 10.1 Å². The Hall–Kier alpha value is -2.46. The molecule has 0 bridgehead atoms. The number of ketones is 1. The number of thiophene rings is 1. The third-order valence-corrected chi connectivity index (χ3v) is 4.61. The molecule has 0 fully saturated rings. The SMILES string of the molecule is O=C(CCC(=O)c1ccccc1)OCc1csc2ccccc12. The van der Waals surface area contributed by atoms with E-state index in [4.69, 9.17) is 4.74 Å². The van der Waals surface area contributed by atoms with Crippen molar-refractivity contribution in [3.05, 3.63) is 71.1 Å². The van der Waals surface area contributed by atoms with Crippen LogP contribution in [-0.2, 0) is 16.1 Å². The minimum absolute atomic E-state index is 0.0384. The molecule has 0 spiro atoms. The molecule has 0 saturated carbocycles. The van der Waals surface area contributed by atoms with Crippen LogP contribution in [-0.4, -0.2) is 11.8 Å². The highest BCUT2D eigenvalue weighted by atomic mass is 32.1. The molecule has 0 aliphatic heterocycles. The Kier molecular flexibility index (Phi) is 4.83. The number of benzene rings is 2. The van der Waals surface area contributed by atoms with Gasteiger partial charge < -0.3 is 4.74 Å². The Morgan fingerprint density at radius 2 is 1.65 bits per heavy atom. The van der Waals surface area contributed by atoms with Crippen molar-refractivity contribution < 1.29 is 14.3 Å². The van der Waals surface area contributed by atoms with Gasteiger partial charge >= 0.3 is 5.97 Å². The lowest BCUT2D eigenvalue weighted by Crippen LogP contribution is -2.08. The van der Waals surface area contributed by atoms with Crippen LogP contribution in [0.1, 0.15) is 28.8 Å². The summed E-state index contributed by atoms with van der Waals surface area (Å²) in [4.78, 5) is 23.8. The van der Waals surface area contributed by atoms with E-state index in [1.807, 2.05) is 47.8 Å². The summed E-state index contributed by atoms with van der Waals surface area (Å²) in [6.45, 7) is 0.252. The molecule has 2 aromatic carbocycles. The van der Waals surface area contributed by atoms with Crippen molar-refractivity contribution in [2.45, 2.75) is 19.4 Å². The Morgan fingerprint density at radius 3 is 2.48 bits per heavy atom. The first-order valence-electron chi connectivity index (χ1n) is 7.43. The largest absolute Gasteiger partial charge is 0.461 e. The van der Waals surface area contributed by atoms with Gasteiger partial charge in [0.1, 0.15) is 6.61 Å². The average molecular weight is 324 g/mol. The van der Waals surface area contributed by atoms with E-state index in [0.29, 0.717) is 5.56 Å². The number of Topliss-reactive ketones (excluding diaryl/α,β-unsaturated/α-hetero) is 1. The second kappa shape index (κ2) is 7.20. The molecule has 3 aromatic rings. The van der Waals surface area contributed by atoms with Gasteiger partial charge in [0.15, 0.2) is 5.78 Å². The van der Waals surface area contributed by atoms with Crippen molar-refractivity contribution in [1.29, 1.82) is 0 Å². The lowest BCUT2D eigenvalue weighted by atomic mass is 10.1. The highest BCUT2D eigenvalue weighted by molar-refractivity contribution is 7.17. The predicted molar refractivity (Wildman–Crippen MR) is 91.6 cm³/mol. The molecular formula is C19H16O3S. The van der Waals surface area contributed by atoms with Gasteiger partial charge in [-0.25, -0.2) is 0 Å². The number of carbonyl (C=O) groups excluding carboxylic acids is 2. The maximum absolute atomic E-state index is 12.0. The van der Waals surface area contributed by atoms with Gasteiger partial charge in [-0.2, -0.15) is 0 Å². The van der Waals surface area contributed by atoms with E-state index < -0.39 is 0 Å². The molecule has 0 radical (unpaired) electrons. The summed E-state index contributed by atoms with van der Waals surface area (Å²) in [7, 11) is 0. The fourth-order valence-corrected chi connectivity index (χ4v) is 3.31. The number of hydrogen-bond donors (Lipinski definition) is 0. The molecule has 1 aromatic heterocycles. The minimum Gasteiger partial charge on any atom is -0.461 e. The summed E-state index contributed by atoms with van der Waals surface area (Å²) in [5, 5.41) is 3.12. The van der Waals surface area contributed by atoms with E-state index in [1.54, 1.807) is 23.5 Å². The molecule has 0 atom stereocenters. The molecule has 3 nitrogen and oxygen atoms in total. The molecule has 0 N–H and O–H groups in total. The highest BCUT2D eigenvalue weighted by Crippen LogP contribution is 2.26. The number of ether oxygens (including phenoxy) is 1. The summed E-state index contributed by atoms with van der Waals surface area (Å²) in [5.41, 5.74) is 1.64. The van der Waals surface area contributed by atoms with E-state index in [2.05, 4.69) is 0 Å². The topological polar surface area (TPSA) is 43.4 Å². The summed E-state index contributed by atoms with van der Waals surface area (Å²) in [6.07, 6.45) is 0.281. The van der Waals surface area contributed by atoms with Crippen LogP contribution < -0.4 is 0 Å². The van der Waals surface area contributed by atoms with Crippen LogP contribution in [0.3, 0.4) is 0 Å². The normalized spacial score (nSPS) is 10.6. The summed E-state index contributed by atoms with van der Waals surface area (Å²) >= 11 is 1.64. The van der Waals surface area contributed by atoms with Gasteiger partial charge in [0, 0.05) is 22.2 Å².